The molecule has 0 amide bonds. The van der Waals surface area contributed by atoms with Crippen LogP contribution >= 0.6 is 0 Å². The molecule has 1 fully saturated rings. The van der Waals surface area contributed by atoms with E-state index in [1.165, 1.54) is 5.56 Å². The highest BCUT2D eigenvalue weighted by molar-refractivity contribution is 5.61. The van der Waals surface area contributed by atoms with Crippen molar-refractivity contribution in [2.24, 2.45) is 0 Å². The Bertz CT molecular complexity index is 819. The minimum absolute atomic E-state index is 0.425. The Balaban J connectivity index is 1.67. The molecule has 1 saturated heterocycles. The van der Waals surface area contributed by atoms with Crippen molar-refractivity contribution in [3.63, 3.8) is 0 Å². The summed E-state index contributed by atoms with van der Waals surface area (Å²) in [6.07, 6.45) is 9.60. The fourth-order valence-corrected chi connectivity index (χ4v) is 2.98. The van der Waals surface area contributed by atoms with Crippen molar-refractivity contribution in [3.8, 4) is 11.4 Å². The molecule has 3 aromatic rings. The fraction of sp³-hybridized carbons (Fsp3) is 0.353. The van der Waals surface area contributed by atoms with Gasteiger partial charge in [0, 0.05) is 18.8 Å². The molecule has 4 heterocycles. The lowest BCUT2D eigenvalue weighted by molar-refractivity contribution is 0.786. The molecule has 0 radical (unpaired) electrons. The molecule has 6 nitrogen and oxygen atoms in total. The highest BCUT2D eigenvalue weighted by Gasteiger charge is 2.15. The number of pyridine rings is 1. The standard InChI is InChI=1S/C17H20N6/c1-2-12-4-6-23-15(10-20-17(23)7-12)14-9-19-11-16(22-14)21-13-3-5-18-8-13/h4,6-7,9-11,13,18H,2-3,5,8H2,1H3,(H,21,22). The van der Waals surface area contributed by atoms with Gasteiger partial charge in [-0.3, -0.25) is 9.38 Å². The molecule has 0 aliphatic carbocycles. The Hall–Kier alpha value is -2.47. The first-order chi connectivity index (χ1) is 11.3. The van der Waals surface area contributed by atoms with Crippen LogP contribution in [0.4, 0.5) is 5.82 Å². The van der Waals surface area contributed by atoms with Gasteiger partial charge in [0.1, 0.15) is 17.2 Å². The maximum atomic E-state index is 4.71. The van der Waals surface area contributed by atoms with E-state index in [1.54, 1.807) is 12.4 Å². The summed E-state index contributed by atoms with van der Waals surface area (Å²) in [6, 6.07) is 4.66. The molecule has 23 heavy (non-hydrogen) atoms. The summed E-state index contributed by atoms with van der Waals surface area (Å²) in [4.78, 5) is 13.5. The van der Waals surface area contributed by atoms with Gasteiger partial charge in [-0.25, -0.2) is 9.97 Å². The van der Waals surface area contributed by atoms with Crippen LogP contribution in [0.2, 0.25) is 0 Å². The van der Waals surface area contributed by atoms with Crippen LogP contribution in [0.3, 0.4) is 0 Å². The second kappa shape index (κ2) is 5.96. The Morgan fingerprint density at radius 3 is 3.13 bits per heavy atom. The lowest BCUT2D eigenvalue weighted by Crippen LogP contribution is -2.22. The van der Waals surface area contributed by atoms with Gasteiger partial charge in [-0.05, 0) is 37.1 Å². The molecule has 1 aliphatic rings. The number of anilines is 1. The van der Waals surface area contributed by atoms with E-state index in [2.05, 4.69) is 50.3 Å². The molecule has 1 aliphatic heterocycles. The summed E-state index contributed by atoms with van der Waals surface area (Å²) in [7, 11) is 0. The number of nitrogens with zero attached hydrogens (tertiary/aromatic N) is 4. The Kier molecular flexibility index (Phi) is 3.67. The predicted octanol–water partition coefficient (Wildman–Crippen LogP) is 2.13. The lowest BCUT2D eigenvalue weighted by Gasteiger charge is -2.12. The number of aromatic nitrogens is 4. The lowest BCUT2D eigenvalue weighted by atomic mass is 10.2. The Labute approximate surface area is 135 Å². The first-order valence-corrected chi connectivity index (χ1v) is 8.09. The van der Waals surface area contributed by atoms with E-state index in [0.717, 1.165) is 48.8 Å². The number of fused-ring (bicyclic) bond motifs is 1. The van der Waals surface area contributed by atoms with E-state index < -0.39 is 0 Å². The van der Waals surface area contributed by atoms with Crippen LogP contribution in [0, 0.1) is 0 Å². The number of nitrogens with one attached hydrogen (secondary N) is 2. The number of imidazole rings is 1. The van der Waals surface area contributed by atoms with Crippen LogP contribution in [-0.4, -0.2) is 38.5 Å². The van der Waals surface area contributed by atoms with Gasteiger partial charge < -0.3 is 10.6 Å². The molecule has 0 bridgehead atoms. The van der Waals surface area contributed by atoms with Gasteiger partial charge in [0.25, 0.3) is 0 Å². The van der Waals surface area contributed by atoms with Gasteiger partial charge in [0.2, 0.25) is 0 Å². The van der Waals surface area contributed by atoms with Gasteiger partial charge in [0.05, 0.1) is 24.3 Å². The molecule has 1 unspecified atom stereocenters. The Morgan fingerprint density at radius 2 is 2.30 bits per heavy atom. The molecular weight excluding hydrogens is 288 g/mol. The number of rotatable bonds is 4. The van der Waals surface area contributed by atoms with E-state index >= 15 is 0 Å². The topological polar surface area (TPSA) is 67.1 Å². The highest BCUT2D eigenvalue weighted by atomic mass is 15.1. The highest BCUT2D eigenvalue weighted by Crippen LogP contribution is 2.21. The van der Waals surface area contributed by atoms with Crippen LogP contribution in [0.5, 0.6) is 0 Å². The predicted molar refractivity (Wildman–Crippen MR) is 90.5 cm³/mol. The first kappa shape index (κ1) is 14.1. The molecule has 1 atom stereocenters. The van der Waals surface area contributed by atoms with Gasteiger partial charge in [-0.15, -0.1) is 0 Å². The number of hydrogen-bond acceptors (Lipinski definition) is 5. The van der Waals surface area contributed by atoms with Crippen molar-refractivity contribution in [2.75, 3.05) is 18.4 Å². The van der Waals surface area contributed by atoms with Gasteiger partial charge in [-0.1, -0.05) is 6.92 Å². The van der Waals surface area contributed by atoms with Crippen LogP contribution in [0.15, 0.2) is 36.9 Å². The summed E-state index contributed by atoms with van der Waals surface area (Å²) in [5, 5.41) is 6.79. The normalized spacial score (nSPS) is 17.7. The van der Waals surface area contributed by atoms with Gasteiger partial charge in [-0.2, -0.15) is 0 Å². The molecule has 0 aromatic carbocycles. The van der Waals surface area contributed by atoms with E-state index in [9.17, 15) is 0 Å². The summed E-state index contributed by atoms with van der Waals surface area (Å²) < 4.78 is 2.06. The van der Waals surface area contributed by atoms with Gasteiger partial charge in [0.15, 0.2) is 0 Å². The van der Waals surface area contributed by atoms with Crippen molar-refractivity contribution < 1.29 is 0 Å². The Morgan fingerprint density at radius 1 is 1.35 bits per heavy atom. The zero-order chi connectivity index (χ0) is 15.6. The average Bonchev–Trinajstić information content (AvgIpc) is 3.23. The van der Waals surface area contributed by atoms with E-state index in [4.69, 9.17) is 4.98 Å². The van der Waals surface area contributed by atoms with Crippen molar-refractivity contribution in [1.82, 2.24) is 24.7 Å². The van der Waals surface area contributed by atoms with E-state index in [-0.39, 0.29) is 0 Å². The van der Waals surface area contributed by atoms with Crippen molar-refractivity contribution in [3.05, 3.63) is 42.5 Å². The molecule has 4 rings (SSSR count). The monoisotopic (exact) mass is 308 g/mol. The molecule has 0 saturated carbocycles. The van der Waals surface area contributed by atoms with Crippen LogP contribution in [0.25, 0.3) is 17.0 Å². The minimum Gasteiger partial charge on any atom is -0.365 e. The second-order valence-corrected chi connectivity index (χ2v) is 5.88. The fourth-order valence-electron chi connectivity index (χ4n) is 2.98. The number of hydrogen-bond donors (Lipinski definition) is 2. The van der Waals surface area contributed by atoms with Crippen LogP contribution in [0.1, 0.15) is 18.9 Å². The smallest absolute Gasteiger partial charge is 0.145 e. The zero-order valence-corrected chi connectivity index (χ0v) is 13.2. The summed E-state index contributed by atoms with van der Waals surface area (Å²) in [6.45, 7) is 4.17. The van der Waals surface area contributed by atoms with E-state index in [0.29, 0.717) is 6.04 Å². The maximum absolute atomic E-state index is 4.71. The minimum atomic E-state index is 0.425. The van der Waals surface area contributed by atoms with Crippen molar-refractivity contribution in [2.45, 2.75) is 25.8 Å². The molecular formula is C17H20N6. The maximum Gasteiger partial charge on any atom is 0.145 e. The third-order valence-electron chi connectivity index (χ3n) is 4.30. The van der Waals surface area contributed by atoms with Crippen LogP contribution < -0.4 is 10.6 Å². The summed E-state index contributed by atoms with van der Waals surface area (Å²) in [5.41, 5.74) is 4.02. The zero-order valence-electron chi connectivity index (χ0n) is 13.2. The van der Waals surface area contributed by atoms with Crippen molar-refractivity contribution >= 4 is 11.5 Å². The van der Waals surface area contributed by atoms with Crippen LogP contribution in [-0.2, 0) is 6.42 Å². The molecule has 0 spiro atoms. The SMILES string of the molecule is CCc1ccn2c(-c3cncc(NC4CCNC4)n3)cnc2c1. The molecule has 2 N–H and O–H groups in total. The third kappa shape index (κ3) is 2.77. The molecule has 6 heteroatoms. The third-order valence-corrected chi connectivity index (χ3v) is 4.30. The van der Waals surface area contributed by atoms with E-state index in [1.807, 2.05) is 6.20 Å². The largest absolute Gasteiger partial charge is 0.365 e. The van der Waals surface area contributed by atoms with Gasteiger partial charge >= 0.3 is 0 Å². The average molecular weight is 308 g/mol. The molecule has 118 valence electrons. The van der Waals surface area contributed by atoms with Crippen molar-refractivity contribution in [1.29, 1.82) is 0 Å². The summed E-state index contributed by atoms with van der Waals surface area (Å²) in [5.74, 6) is 0.816. The second-order valence-electron chi connectivity index (χ2n) is 5.88. The molecule has 3 aromatic heterocycles. The first-order valence-electron chi connectivity index (χ1n) is 8.09. The summed E-state index contributed by atoms with van der Waals surface area (Å²) >= 11 is 0. The number of aryl methyl sites for hydroxylation is 1. The quantitative estimate of drug-likeness (QED) is 0.773.